The number of fused-ring (bicyclic) bond motifs is 1. The molecule has 5 nitrogen and oxygen atoms in total. The molecule has 1 saturated heterocycles. The minimum Gasteiger partial charge on any atom is -0.463 e. The molecule has 0 saturated carbocycles. The van der Waals surface area contributed by atoms with E-state index in [1.807, 2.05) is 36.4 Å². The van der Waals surface area contributed by atoms with Crippen molar-refractivity contribution in [2.24, 2.45) is 0 Å². The molecule has 26 heavy (non-hydrogen) atoms. The van der Waals surface area contributed by atoms with Crippen LogP contribution in [0.15, 0.2) is 53.1 Å². The third-order valence-corrected chi connectivity index (χ3v) is 4.77. The zero-order chi connectivity index (χ0) is 18.1. The molecule has 0 spiro atoms. The lowest BCUT2D eigenvalue weighted by atomic mass is 9.93. The van der Waals surface area contributed by atoms with E-state index in [4.69, 9.17) is 9.15 Å². The fourth-order valence-corrected chi connectivity index (χ4v) is 3.53. The lowest BCUT2D eigenvalue weighted by Crippen LogP contribution is -2.45. The summed E-state index contributed by atoms with van der Waals surface area (Å²) < 4.78 is 11.2. The number of amides is 1. The van der Waals surface area contributed by atoms with Crippen molar-refractivity contribution >= 4 is 16.8 Å². The predicted molar refractivity (Wildman–Crippen MR) is 100.0 cm³/mol. The molecule has 1 amide bonds. The smallest absolute Gasteiger partial charge is 0.252 e. The van der Waals surface area contributed by atoms with Crippen molar-refractivity contribution in [1.29, 1.82) is 0 Å². The third kappa shape index (κ3) is 3.35. The Morgan fingerprint density at radius 3 is 2.85 bits per heavy atom. The molecular formula is C21H22N2O3. The van der Waals surface area contributed by atoms with Crippen molar-refractivity contribution < 1.29 is 13.9 Å². The first kappa shape index (κ1) is 16.8. The molecule has 1 atom stereocenters. The van der Waals surface area contributed by atoms with Crippen LogP contribution in [0.5, 0.6) is 0 Å². The lowest BCUT2D eigenvalue weighted by Gasteiger charge is -2.35. The number of rotatable bonds is 3. The first-order valence-electron chi connectivity index (χ1n) is 8.90. The molecule has 0 aliphatic carbocycles. The van der Waals surface area contributed by atoms with Crippen LogP contribution >= 0.6 is 0 Å². The highest BCUT2D eigenvalue weighted by Gasteiger charge is 2.30. The van der Waals surface area contributed by atoms with Crippen LogP contribution in [0.1, 0.15) is 37.0 Å². The molecule has 1 aliphatic rings. The molecule has 1 N–H and O–H groups in total. The van der Waals surface area contributed by atoms with Gasteiger partial charge in [0.05, 0.1) is 22.9 Å². The van der Waals surface area contributed by atoms with E-state index in [0.29, 0.717) is 23.6 Å². The standard InChI is InChI=1S/C21H22N2O3/c1-21(2)13-14(9-11-26-21)22-20(24)16-12-18(19-8-5-10-25-19)23-17-7-4-3-6-15(16)17/h3-8,10,12,14H,9,11,13H2,1-2H3,(H,22,24). The van der Waals surface area contributed by atoms with Crippen LogP contribution in [-0.2, 0) is 4.74 Å². The molecule has 3 aromatic rings. The van der Waals surface area contributed by atoms with E-state index in [2.05, 4.69) is 24.1 Å². The number of carbonyl (C=O) groups excluding carboxylic acids is 1. The number of nitrogens with one attached hydrogen (secondary N) is 1. The second-order valence-electron chi connectivity index (χ2n) is 7.32. The number of nitrogens with zero attached hydrogens (tertiary/aromatic N) is 1. The molecule has 1 unspecified atom stereocenters. The van der Waals surface area contributed by atoms with Crippen molar-refractivity contribution in [3.05, 3.63) is 54.3 Å². The number of pyridine rings is 1. The molecule has 0 bridgehead atoms. The Balaban J connectivity index is 1.69. The summed E-state index contributed by atoms with van der Waals surface area (Å²) in [5.74, 6) is 0.566. The minimum atomic E-state index is -0.212. The number of ether oxygens (including phenoxy) is 1. The number of hydrogen-bond donors (Lipinski definition) is 1. The van der Waals surface area contributed by atoms with Gasteiger partial charge in [-0.25, -0.2) is 4.98 Å². The number of carbonyl (C=O) groups is 1. The molecule has 4 rings (SSSR count). The summed E-state index contributed by atoms with van der Waals surface area (Å²) in [7, 11) is 0. The average Bonchev–Trinajstić information content (AvgIpc) is 3.14. The summed E-state index contributed by atoms with van der Waals surface area (Å²) in [5, 5.41) is 4.02. The van der Waals surface area contributed by atoms with Gasteiger partial charge in [-0.15, -0.1) is 0 Å². The Hall–Kier alpha value is -2.66. The molecule has 3 heterocycles. The van der Waals surface area contributed by atoms with Crippen molar-refractivity contribution in [1.82, 2.24) is 10.3 Å². The van der Waals surface area contributed by atoms with Gasteiger partial charge in [0.1, 0.15) is 5.69 Å². The van der Waals surface area contributed by atoms with Crippen molar-refractivity contribution in [2.75, 3.05) is 6.61 Å². The first-order valence-corrected chi connectivity index (χ1v) is 8.90. The molecular weight excluding hydrogens is 328 g/mol. The number of para-hydroxylation sites is 1. The van der Waals surface area contributed by atoms with E-state index < -0.39 is 0 Å². The maximum atomic E-state index is 13.0. The van der Waals surface area contributed by atoms with Crippen LogP contribution in [0, 0.1) is 0 Å². The summed E-state index contributed by atoms with van der Waals surface area (Å²) >= 11 is 0. The Kier molecular flexibility index (Phi) is 4.24. The van der Waals surface area contributed by atoms with Crippen LogP contribution in [0.4, 0.5) is 0 Å². The fraction of sp³-hybridized carbons (Fsp3) is 0.333. The van der Waals surface area contributed by atoms with Gasteiger partial charge >= 0.3 is 0 Å². The molecule has 1 aromatic carbocycles. The van der Waals surface area contributed by atoms with Crippen molar-refractivity contribution in [3.63, 3.8) is 0 Å². The van der Waals surface area contributed by atoms with Crippen molar-refractivity contribution in [3.8, 4) is 11.5 Å². The summed E-state index contributed by atoms with van der Waals surface area (Å²) in [6.45, 7) is 4.77. The summed E-state index contributed by atoms with van der Waals surface area (Å²) in [6, 6.07) is 13.3. The van der Waals surface area contributed by atoms with Gasteiger partial charge in [0, 0.05) is 18.0 Å². The minimum absolute atomic E-state index is 0.0842. The Morgan fingerprint density at radius 2 is 2.08 bits per heavy atom. The maximum absolute atomic E-state index is 13.0. The van der Waals surface area contributed by atoms with E-state index in [9.17, 15) is 4.79 Å². The van der Waals surface area contributed by atoms with Crippen LogP contribution < -0.4 is 5.32 Å². The Labute approximate surface area is 152 Å². The highest BCUT2D eigenvalue weighted by atomic mass is 16.5. The highest BCUT2D eigenvalue weighted by molar-refractivity contribution is 6.07. The molecule has 0 radical (unpaired) electrons. The predicted octanol–water partition coefficient (Wildman–Crippen LogP) is 4.18. The number of benzene rings is 1. The Morgan fingerprint density at radius 1 is 1.23 bits per heavy atom. The monoisotopic (exact) mass is 350 g/mol. The first-order chi connectivity index (χ1) is 12.5. The van der Waals surface area contributed by atoms with E-state index >= 15 is 0 Å². The number of furan rings is 1. The molecule has 1 fully saturated rings. The molecule has 5 heteroatoms. The van der Waals surface area contributed by atoms with Crippen LogP contribution in [0.2, 0.25) is 0 Å². The van der Waals surface area contributed by atoms with Gasteiger partial charge in [0.2, 0.25) is 0 Å². The SMILES string of the molecule is CC1(C)CC(NC(=O)c2cc(-c3ccco3)nc3ccccc23)CCO1. The van der Waals surface area contributed by atoms with E-state index in [-0.39, 0.29) is 17.6 Å². The van der Waals surface area contributed by atoms with E-state index in [1.54, 1.807) is 12.3 Å². The molecule has 134 valence electrons. The van der Waals surface area contributed by atoms with E-state index in [1.165, 1.54) is 0 Å². The van der Waals surface area contributed by atoms with Gasteiger partial charge < -0.3 is 14.5 Å². The van der Waals surface area contributed by atoms with Gasteiger partial charge in [-0.3, -0.25) is 4.79 Å². The second-order valence-corrected chi connectivity index (χ2v) is 7.32. The van der Waals surface area contributed by atoms with Crippen LogP contribution in [-0.4, -0.2) is 29.1 Å². The van der Waals surface area contributed by atoms with E-state index in [0.717, 1.165) is 23.7 Å². The largest absolute Gasteiger partial charge is 0.463 e. The number of aromatic nitrogens is 1. The zero-order valence-corrected chi connectivity index (χ0v) is 15.0. The van der Waals surface area contributed by atoms with Crippen LogP contribution in [0.3, 0.4) is 0 Å². The quantitative estimate of drug-likeness (QED) is 0.769. The van der Waals surface area contributed by atoms with Crippen LogP contribution in [0.25, 0.3) is 22.4 Å². The topological polar surface area (TPSA) is 64.4 Å². The van der Waals surface area contributed by atoms with Crippen molar-refractivity contribution in [2.45, 2.75) is 38.3 Å². The van der Waals surface area contributed by atoms with Gasteiger partial charge in [0.25, 0.3) is 5.91 Å². The normalized spacial score (nSPS) is 19.4. The summed E-state index contributed by atoms with van der Waals surface area (Å²) in [6.07, 6.45) is 3.23. The third-order valence-electron chi connectivity index (χ3n) is 4.77. The lowest BCUT2D eigenvalue weighted by molar-refractivity contribution is -0.0615. The fourth-order valence-electron chi connectivity index (χ4n) is 3.53. The summed E-state index contributed by atoms with van der Waals surface area (Å²) in [5.41, 5.74) is 1.84. The highest BCUT2D eigenvalue weighted by Crippen LogP contribution is 2.27. The van der Waals surface area contributed by atoms with Gasteiger partial charge in [0.15, 0.2) is 5.76 Å². The summed E-state index contributed by atoms with van der Waals surface area (Å²) in [4.78, 5) is 17.7. The molecule has 1 aliphatic heterocycles. The maximum Gasteiger partial charge on any atom is 0.252 e. The van der Waals surface area contributed by atoms with Gasteiger partial charge in [-0.2, -0.15) is 0 Å². The molecule has 2 aromatic heterocycles. The number of hydrogen-bond acceptors (Lipinski definition) is 4. The van der Waals surface area contributed by atoms with Gasteiger partial charge in [-0.1, -0.05) is 18.2 Å². The average molecular weight is 350 g/mol. The second kappa shape index (κ2) is 6.57. The van der Waals surface area contributed by atoms with Gasteiger partial charge in [-0.05, 0) is 51.0 Å². The zero-order valence-electron chi connectivity index (χ0n) is 15.0. The Bertz CT molecular complexity index is 932.